The molecule has 0 bridgehead atoms. The van der Waals surface area contributed by atoms with Gasteiger partial charge in [-0.2, -0.15) is 0 Å². The van der Waals surface area contributed by atoms with Crippen molar-refractivity contribution in [3.8, 4) is 0 Å². The van der Waals surface area contributed by atoms with Crippen LogP contribution >= 0.6 is 23.2 Å². The van der Waals surface area contributed by atoms with Crippen LogP contribution in [-0.4, -0.2) is 24.4 Å². The quantitative estimate of drug-likeness (QED) is 0.852. The number of nitrogens with one attached hydrogen (secondary N) is 1. The summed E-state index contributed by atoms with van der Waals surface area (Å²) < 4.78 is 0. The lowest BCUT2D eigenvalue weighted by Crippen LogP contribution is -2.34. The first-order valence-corrected chi connectivity index (χ1v) is 8.15. The van der Waals surface area contributed by atoms with Crippen molar-refractivity contribution in [1.82, 2.24) is 10.2 Å². The van der Waals surface area contributed by atoms with Gasteiger partial charge in [0.15, 0.2) is 0 Å². The molecule has 0 radical (unpaired) electrons. The lowest BCUT2D eigenvalue weighted by Gasteiger charge is -2.17. The molecule has 0 atom stereocenters. The summed E-state index contributed by atoms with van der Waals surface area (Å²) in [6.45, 7) is 3.48. The van der Waals surface area contributed by atoms with Gasteiger partial charge in [-0.3, -0.25) is 9.69 Å². The second-order valence-corrected chi connectivity index (χ2v) is 6.45. The highest BCUT2D eigenvalue weighted by Crippen LogP contribution is 2.21. The summed E-state index contributed by atoms with van der Waals surface area (Å²) in [6, 6.07) is 13.4. The number of likely N-dealkylation sites (N-methyl/N-ethyl adjacent to an activating group) is 1. The van der Waals surface area contributed by atoms with E-state index in [0.29, 0.717) is 29.7 Å². The van der Waals surface area contributed by atoms with E-state index in [-0.39, 0.29) is 5.91 Å². The molecule has 0 unspecified atom stereocenters. The molecule has 23 heavy (non-hydrogen) atoms. The average Bonchev–Trinajstić information content (AvgIpc) is 2.49. The molecule has 2 aromatic rings. The van der Waals surface area contributed by atoms with Gasteiger partial charge in [0.2, 0.25) is 5.91 Å². The van der Waals surface area contributed by atoms with E-state index in [0.717, 1.165) is 11.1 Å². The summed E-state index contributed by atoms with van der Waals surface area (Å²) in [7, 11) is 1.89. The Morgan fingerprint density at radius 3 is 2.57 bits per heavy atom. The first-order chi connectivity index (χ1) is 11.0. The van der Waals surface area contributed by atoms with Gasteiger partial charge in [-0.25, -0.2) is 0 Å². The predicted molar refractivity (Wildman–Crippen MR) is 95.8 cm³/mol. The maximum atomic E-state index is 12.1. The minimum atomic E-state index is -0.0131. The fourth-order valence-corrected chi connectivity index (χ4v) is 2.77. The topological polar surface area (TPSA) is 32.3 Å². The van der Waals surface area contributed by atoms with Crippen molar-refractivity contribution in [3.05, 3.63) is 69.2 Å². The Kier molecular flexibility index (Phi) is 6.46. The Balaban J connectivity index is 1.84. The number of aryl methyl sites for hydroxylation is 1. The molecule has 1 N–H and O–H groups in total. The molecule has 0 saturated heterocycles. The van der Waals surface area contributed by atoms with Crippen molar-refractivity contribution >= 4 is 29.1 Å². The first kappa shape index (κ1) is 17.8. The van der Waals surface area contributed by atoms with E-state index in [1.165, 1.54) is 5.56 Å². The number of halogens is 2. The molecule has 0 aromatic heterocycles. The third kappa shape index (κ3) is 5.54. The molecule has 0 aliphatic carbocycles. The number of rotatable bonds is 6. The fourth-order valence-electron chi connectivity index (χ4n) is 2.30. The van der Waals surface area contributed by atoms with Crippen LogP contribution in [0.15, 0.2) is 42.5 Å². The van der Waals surface area contributed by atoms with E-state index < -0.39 is 0 Å². The lowest BCUT2D eigenvalue weighted by molar-refractivity contribution is -0.122. The van der Waals surface area contributed by atoms with Gasteiger partial charge in [0.05, 0.1) is 6.54 Å². The Labute approximate surface area is 147 Å². The zero-order chi connectivity index (χ0) is 16.8. The summed E-state index contributed by atoms with van der Waals surface area (Å²) in [5.74, 6) is -0.0131. The molecule has 0 fully saturated rings. The summed E-state index contributed by atoms with van der Waals surface area (Å²) in [5, 5.41) is 4.17. The fraction of sp³-hybridized carbons (Fsp3) is 0.278. The van der Waals surface area contributed by atoms with Crippen LogP contribution in [0.1, 0.15) is 16.7 Å². The molecule has 5 heteroatoms. The maximum absolute atomic E-state index is 12.1. The Hall–Kier alpha value is -1.55. The lowest BCUT2D eigenvalue weighted by atomic mass is 10.1. The molecule has 0 spiro atoms. The van der Waals surface area contributed by atoms with Gasteiger partial charge in [0, 0.05) is 23.1 Å². The third-order valence-electron chi connectivity index (χ3n) is 3.61. The van der Waals surface area contributed by atoms with Crippen molar-refractivity contribution in [2.24, 2.45) is 0 Å². The summed E-state index contributed by atoms with van der Waals surface area (Å²) >= 11 is 12.0. The molecular weight excluding hydrogens is 331 g/mol. The summed E-state index contributed by atoms with van der Waals surface area (Å²) in [5.41, 5.74) is 3.25. The third-order valence-corrected chi connectivity index (χ3v) is 4.19. The average molecular weight is 351 g/mol. The number of hydrogen-bond donors (Lipinski definition) is 1. The molecule has 0 aliphatic rings. The van der Waals surface area contributed by atoms with E-state index in [2.05, 4.69) is 5.32 Å². The second kappa shape index (κ2) is 8.34. The second-order valence-electron chi connectivity index (χ2n) is 5.61. The number of hydrogen-bond acceptors (Lipinski definition) is 2. The number of benzene rings is 2. The molecule has 1 amide bonds. The van der Waals surface area contributed by atoms with Crippen molar-refractivity contribution in [2.45, 2.75) is 20.0 Å². The molecule has 2 aromatic carbocycles. The number of carbonyl (C=O) groups excluding carboxylic acids is 1. The molecule has 122 valence electrons. The molecule has 2 rings (SSSR count). The highest BCUT2D eigenvalue weighted by molar-refractivity contribution is 6.35. The smallest absolute Gasteiger partial charge is 0.234 e. The first-order valence-electron chi connectivity index (χ1n) is 7.39. The van der Waals surface area contributed by atoms with Gasteiger partial charge in [0.25, 0.3) is 0 Å². The minimum Gasteiger partial charge on any atom is -0.351 e. The van der Waals surface area contributed by atoms with Crippen LogP contribution < -0.4 is 5.32 Å². The highest BCUT2D eigenvalue weighted by atomic mass is 35.5. The van der Waals surface area contributed by atoms with Crippen LogP contribution in [0.5, 0.6) is 0 Å². The van der Waals surface area contributed by atoms with E-state index in [1.807, 2.05) is 49.2 Å². The number of nitrogens with zero attached hydrogens (tertiary/aromatic N) is 1. The van der Waals surface area contributed by atoms with Crippen LogP contribution in [0.3, 0.4) is 0 Å². The predicted octanol–water partition coefficient (Wildman–Crippen LogP) is 4.05. The van der Waals surface area contributed by atoms with Crippen molar-refractivity contribution in [3.63, 3.8) is 0 Å². The van der Waals surface area contributed by atoms with Crippen molar-refractivity contribution < 1.29 is 4.79 Å². The molecule has 0 aliphatic heterocycles. The van der Waals surface area contributed by atoms with E-state index in [4.69, 9.17) is 23.2 Å². The van der Waals surface area contributed by atoms with Crippen molar-refractivity contribution in [1.29, 1.82) is 0 Å². The monoisotopic (exact) mass is 350 g/mol. The standard InChI is InChI=1S/C18H20Cl2N2O/c1-13-5-3-4-6-14(13)10-21-18(23)12-22(2)11-15-7-8-16(19)9-17(15)20/h3-9H,10-12H2,1-2H3,(H,21,23). The van der Waals surface area contributed by atoms with Gasteiger partial charge >= 0.3 is 0 Å². The van der Waals surface area contributed by atoms with Gasteiger partial charge in [0.1, 0.15) is 0 Å². The van der Waals surface area contributed by atoms with Gasteiger partial charge in [-0.15, -0.1) is 0 Å². The van der Waals surface area contributed by atoms with Gasteiger partial charge in [-0.1, -0.05) is 53.5 Å². The number of carbonyl (C=O) groups is 1. The largest absolute Gasteiger partial charge is 0.351 e. The normalized spacial score (nSPS) is 10.8. The molecular formula is C18H20Cl2N2O. The Bertz CT molecular complexity index is 688. The zero-order valence-electron chi connectivity index (χ0n) is 13.3. The van der Waals surface area contributed by atoms with Crippen LogP contribution in [0, 0.1) is 6.92 Å². The van der Waals surface area contributed by atoms with Crippen LogP contribution in [0.25, 0.3) is 0 Å². The van der Waals surface area contributed by atoms with E-state index in [1.54, 1.807) is 12.1 Å². The van der Waals surface area contributed by atoms with Crippen LogP contribution in [0.4, 0.5) is 0 Å². The highest BCUT2D eigenvalue weighted by Gasteiger charge is 2.09. The minimum absolute atomic E-state index is 0.0131. The van der Waals surface area contributed by atoms with Gasteiger partial charge in [-0.05, 0) is 42.8 Å². The Morgan fingerprint density at radius 2 is 1.87 bits per heavy atom. The van der Waals surface area contributed by atoms with E-state index in [9.17, 15) is 4.79 Å². The summed E-state index contributed by atoms with van der Waals surface area (Å²) in [6.07, 6.45) is 0. The molecule has 3 nitrogen and oxygen atoms in total. The SMILES string of the molecule is Cc1ccccc1CNC(=O)CN(C)Cc1ccc(Cl)cc1Cl. The molecule has 0 heterocycles. The maximum Gasteiger partial charge on any atom is 0.234 e. The molecule has 0 saturated carbocycles. The Morgan fingerprint density at radius 1 is 1.13 bits per heavy atom. The van der Waals surface area contributed by atoms with Crippen molar-refractivity contribution in [2.75, 3.05) is 13.6 Å². The van der Waals surface area contributed by atoms with Crippen LogP contribution in [-0.2, 0) is 17.9 Å². The summed E-state index contributed by atoms with van der Waals surface area (Å²) in [4.78, 5) is 14.0. The van der Waals surface area contributed by atoms with Crippen LogP contribution in [0.2, 0.25) is 10.0 Å². The van der Waals surface area contributed by atoms with E-state index >= 15 is 0 Å². The van der Waals surface area contributed by atoms with Gasteiger partial charge < -0.3 is 5.32 Å². The zero-order valence-corrected chi connectivity index (χ0v) is 14.8. The number of amides is 1.